The minimum Gasteiger partial charge on any atom is -0.483 e. The quantitative estimate of drug-likeness (QED) is 0.544. The molecule has 1 amide bonds. The zero-order chi connectivity index (χ0) is 22.1. The number of anilines is 1. The highest BCUT2D eigenvalue weighted by molar-refractivity contribution is 7.15. The number of benzene rings is 1. The van der Waals surface area contributed by atoms with E-state index < -0.39 is 0 Å². The highest BCUT2D eigenvalue weighted by atomic mass is 32.1. The highest BCUT2D eigenvalue weighted by Crippen LogP contribution is 2.41. The molecule has 0 unspecified atom stereocenters. The molecule has 0 fully saturated rings. The van der Waals surface area contributed by atoms with Gasteiger partial charge in [0.1, 0.15) is 5.60 Å². The Balaban J connectivity index is 1.37. The molecule has 5 rings (SSSR count). The van der Waals surface area contributed by atoms with E-state index in [0.717, 1.165) is 53.5 Å². The molecule has 0 saturated heterocycles. The van der Waals surface area contributed by atoms with Gasteiger partial charge in [0.2, 0.25) is 0 Å². The molecule has 0 radical (unpaired) electrons. The van der Waals surface area contributed by atoms with Crippen LogP contribution in [0.3, 0.4) is 0 Å². The number of aromatic nitrogens is 2. The summed E-state index contributed by atoms with van der Waals surface area (Å²) in [6.07, 6.45) is 6.93. The Kier molecular flexibility index (Phi) is 5.59. The van der Waals surface area contributed by atoms with Crippen molar-refractivity contribution < 1.29 is 14.3 Å². The summed E-state index contributed by atoms with van der Waals surface area (Å²) in [4.78, 5) is 25.6. The molecule has 2 aliphatic rings. The SMILES string of the molecule is CC1(C)Cc2cccc(OCC(=O)N(Cc3ccccn3)c3nc4c(s3)CCCC4)c2O1. The van der Waals surface area contributed by atoms with E-state index in [-0.39, 0.29) is 18.1 Å². The summed E-state index contributed by atoms with van der Waals surface area (Å²) >= 11 is 1.62. The van der Waals surface area contributed by atoms with Crippen LogP contribution in [-0.2, 0) is 30.6 Å². The van der Waals surface area contributed by atoms with E-state index in [0.29, 0.717) is 12.3 Å². The van der Waals surface area contributed by atoms with Crippen molar-refractivity contribution in [3.8, 4) is 11.5 Å². The van der Waals surface area contributed by atoms with E-state index >= 15 is 0 Å². The first-order chi connectivity index (χ1) is 15.5. The number of pyridine rings is 1. The number of para-hydroxylation sites is 1. The molecule has 0 bridgehead atoms. The number of fused-ring (bicyclic) bond motifs is 2. The number of carbonyl (C=O) groups is 1. The van der Waals surface area contributed by atoms with Crippen molar-refractivity contribution in [1.29, 1.82) is 0 Å². The van der Waals surface area contributed by atoms with E-state index in [2.05, 4.69) is 18.8 Å². The van der Waals surface area contributed by atoms with Gasteiger partial charge in [-0.15, -0.1) is 11.3 Å². The van der Waals surface area contributed by atoms with E-state index in [9.17, 15) is 4.79 Å². The summed E-state index contributed by atoms with van der Waals surface area (Å²) in [6, 6.07) is 11.6. The Hall–Kier alpha value is -2.93. The summed E-state index contributed by atoms with van der Waals surface area (Å²) in [7, 11) is 0. The topological polar surface area (TPSA) is 64.5 Å². The number of ether oxygens (including phenoxy) is 2. The average molecular weight is 450 g/mol. The Morgan fingerprint density at radius 2 is 2.06 bits per heavy atom. The normalized spacial score (nSPS) is 16.1. The number of aryl methyl sites for hydroxylation is 2. The van der Waals surface area contributed by atoms with Crippen LogP contribution < -0.4 is 14.4 Å². The van der Waals surface area contributed by atoms with Gasteiger partial charge in [0.15, 0.2) is 23.2 Å². The molecule has 1 aliphatic heterocycles. The van der Waals surface area contributed by atoms with Gasteiger partial charge in [0, 0.05) is 23.1 Å². The summed E-state index contributed by atoms with van der Waals surface area (Å²) in [5, 5.41) is 0.729. The average Bonchev–Trinajstić information content (AvgIpc) is 3.35. The zero-order valence-corrected chi connectivity index (χ0v) is 19.3. The van der Waals surface area contributed by atoms with Crippen LogP contribution in [0.15, 0.2) is 42.6 Å². The lowest BCUT2D eigenvalue weighted by Crippen LogP contribution is -2.35. The van der Waals surface area contributed by atoms with Crippen LogP contribution >= 0.6 is 11.3 Å². The molecule has 6 nitrogen and oxygen atoms in total. The molecule has 32 heavy (non-hydrogen) atoms. The first-order valence-electron chi connectivity index (χ1n) is 11.1. The minimum absolute atomic E-state index is 0.0860. The number of hydrogen-bond donors (Lipinski definition) is 0. The fraction of sp³-hybridized carbons (Fsp3) is 0.400. The first kappa shape index (κ1) is 20.9. The number of carbonyl (C=O) groups excluding carboxylic acids is 1. The predicted octanol–water partition coefficient (Wildman–Crippen LogP) is 4.74. The molecule has 1 aromatic carbocycles. The van der Waals surface area contributed by atoms with Gasteiger partial charge in [0.05, 0.1) is 17.9 Å². The fourth-order valence-electron chi connectivity index (χ4n) is 4.29. The van der Waals surface area contributed by atoms with Crippen molar-refractivity contribution in [2.75, 3.05) is 11.5 Å². The second-order valence-electron chi connectivity index (χ2n) is 8.95. The maximum Gasteiger partial charge on any atom is 0.267 e. The lowest BCUT2D eigenvalue weighted by Gasteiger charge is -2.21. The molecular weight excluding hydrogens is 422 g/mol. The van der Waals surface area contributed by atoms with Crippen molar-refractivity contribution in [2.45, 2.75) is 58.1 Å². The van der Waals surface area contributed by atoms with Gasteiger partial charge in [-0.05, 0) is 57.7 Å². The molecule has 3 heterocycles. The van der Waals surface area contributed by atoms with Gasteiger partial charge in [0.25, 0.3) is 5.91 Å². The van der Waals surface area contributed by atoms with Crippen LogP contribution in [-0.4, -0.2) is 28.1 Å². The Morgan fingerprint density at radius 1 is 1.19 bits per heavy atom. The first-order valence-corrected chi connectivity index (χ1v) is 11.9. The van der Waals surface area contributed by atoms with Crippen molar-refractivity contribution in [2.24, 2.45) is 0 Å². The van der Waals surface area contributed by atoms with Gasteiger partial charge < -0.3 is 9.47 Å². The fourth-order valence-corrected chi connectivity index (χ4v) is 5.45. The summed E-state index contributed by atoms with van der Waals surface area (Å²) in [6.45, 7) is 4.39. The summed E-state index contributed by atoms with van der Waals surface area (Å²) < 4.78 is 12.1. The van der Waals surface area contributed by atoms with Crippen LogP contribution in [0.5, 0.6) is 11.5 Å². The van der Waals surface area contributed by atoms with E-state index in [1.54, 1.807) is 22.4 Å². The summed E-state index contributed by atoms with van der Waals surface area (Å²) in [5.41, 5.74) is 2.79. The molecule has 0 saturated carbocycles. The second kappa shape index (κ2) is 8.54. The van der Waals surface area contributed by atoms with Crippen LogP contribution in [0.25, 0.3) is 0 Å². The Morgan fingerprint density at radius 3 is 2.88 bits per heavy atom. The standard InChI is InChI=1S/C25H27N3O3S/c1-25(2)14-17-8-7-11-20(23(17)31-25)30-16-22(29)28(15-18-9-5-6-13-26-18)24-27-19-10-3-4-12-21(19)32-24/h5-9,11,13H,3-4,10,12,14-16H2,1-2H3. The molecule has 0 atom stereocenters. The van der Waals surface area contributed by atoms with E-state index in [1.165, 1.54) is 11.3 Å². The van der Waals surface area contributed by atoms with Gasteiger partial charge in [-0.3, -0.25) is 14.7 Å². The molecule has 1 aliphatic carbocycles. The Bertz CT molecular complexity index is 1100. The van der Waals surface area contributed by atoms with E-state index in [4.69, 9.17) is 14.5 Å². The number of rotatable bonds is 6. The molecule has 0 spiro atoms. The maximum absolute atomic E-state index is 13.4. The Labute approximate surface area is 192 Å². The lowest BCUT2D eigenvalue weighted by atomic mass is 10.0. The smallest absolute Gasteiger partial charge is 0.267 e. The largest absolute Gasteiger partial charge is 0.483 e. The van der Waals surface area contributed by atoms with Crippen molar-refractivity contribution >= 4 is 22.4 Å². The predicted molar refractivity (Wildman–Crippen MR) is 125 cm³/mol. The molecule has 2 aromatic heterocycles. The third-order valence-corrected chi connectivity index (χ3v) is 7.00. The number of amides is 1. The highest BCUT2D eigenvalue weighted by Gasteiger charge is 2.32. The van der Waals surface area contributed by atoms with Gasteiger partial charge in [-0.2, -0.15) is 0 Å². The molecule has 7 heteroatoms. The van der Waals surface area contributed by atoms with Crippen molar-refractivity contribution in [3.63, 3.8) is 0 Å². The molecule has 166 valence electrons. The molecule has 3 aromatic rings. The van der Waals surface area contributed by atoms with Crippen LogP contribution in [0.2, 0.25) is 0 Å². The zero-order valence-electron chi connectivity index (χ0n) is 18.5. The van der Waals surface area contributed by atoms with Gasteiger partial charge in [-0.1, -0.05) is 18.2 Å². The maximum atomic E-state index is 13.4. The third kappa shape index (κ3) is 4.35. The second-order valence-corrected chi connectivity index (χ2v) is 10.0. The van der Waals surface area contributed by atoms with Crippen LogP contribution in [0.1, 0.15) is 48.5 Å². The van der Waals surface area contributed by atoms with Crippen molar-refractivity contribution in [3.05, 3.63) is 64.4 Å². The number of nitrogens with zero attached hydrogens (tertiary/aromatic N) is 3. The molecule has 0 N–H and O–H groups in total. The molecular formula is C25H27N3O3S. The van der Waals surface area contributed by atoms with Crippen molar-refractivity contribution in [1.82, 2.24) is 9.97 Å². The van der Waals surface area contributed by atoms with E-state index in [1.807, 2.05) is 36.4 Å². The summed E-state index contributed by atoms with van der Waals surface area (Å²) in [5.74, 6) is 1.21. The number of thiazole rings is 1. The monoisotopic (exact) mass is 449 g/mol. The number of hydrogen-bond acceptors (Lipinski definition) is 6. The lowest BCUT2D eigenvalue weighted by molar-refractivity contribution is -0.120. The third-order valence-electron chi connectivity index (χ3n) is 5.82. The van der Waals surface area contributed by atoms with Gasteiger partial charge >= 0.3 is 0 Å². The minimum atomic E-state index is -0.267. The van der Waals surface area contributed by atoms with Gasteiger partial charge in [-0.25, -0.2) is 4.98 Å². The van der Waals surface area contributed by atoms with Crippen LogP contribution in [0, 0.1) is 0 Å². The van der Waals surface area contributed by atoms with Crippen LogP contribution in [0.4, 0.5) is 5.13 Å².